The van der Waals surface area contributed by atoms with Gasteiger partial charge in [0, 0.05) is 19.0 Å². The molecule has 1 aliphatic carbocycles. The number of carbonyl (C=O) groups is 2. The molecule has 0 bridgehead atoms. The molecule has 3 N–H and O–H groups in total. The zero-order valence-corrected chi connectivity index (χ0v) is 17.5. The van der Waals surface area contributed by atoms with Gasteiger partial charge in [0.05, 0.1) is 6.04 Å². The highest BCUT2D eigenvalue weighted by molar-refractivity contribution is 5.82. The molecule has 0 aromatic heterocycles. The van der Waals surface area contributed by atoms with E-state index in [1.54, 1.807) is 6.07 Å². The Bertz CT molecular complexity index is 743. The van der Waals surface area contributed by atoms with Crippen molar-refractivity contribution >= 4 is 11.8 Å². The van der Waals surface area contributed by atoms with Gasteiger partial charge in [0.25, 0.3) is 0 Å². The van der Waals surface area contributed by atoms with E-state index in [4.69, 9.17) is 0 Å². The Morgan fingerprint density at radius 1 is 1.10 bits per heavy atom. The highest BCUT2D eigenvalue weighted by atomic mass is 19.4. The lowest BCUT2D eigenvalue weighted by Gasteiger charge is -2.31. The lowest BCUT2D eigenvalue weighted by atomic mass is 9.83. The molecule has 1 aromatic rings. The molecule has 1 aromatic carbocycles. The Balaban J connectivity index is 1.35. The van der Waals surface area contributed by atoms with Gasteiger partial charge in [0.15, 0.2) is 0 Å². The van der Waals surface area contributed by atoms with Crippen molar-refractivity contribution in [3.63, 3.8) is 0 Å². The number of ether oxygens (including phenoxy) is 1. The molecule has 9 heteroatoms. The number of amides is 2. The van der Waals surface area contributed by atoms with Gasteiger partial charge in [0.1, 0.15) is 5.75 Å². The van der Waals surface area contributed by atoms with Gasteiger partial charge in [-0.25, -0.2) is 0 Å². The van der Waals surface area contributed by atoms with Crippen LogP contribution in [0.1, 0.15) is 56.9 Å². The summed E-state index contributed by atoms with van der Waals surface area (Å²) in [4.78, 5) is 24.6. The molecular formula is C22H30F3N3O3. The Morgan fingerprint density at radius 2 is 1.87 bits per heavy atom. The zero-order chi connectivity index (χ0) is 22.3. The first kappa shape index (κ1) is 23.4. The minimum Gasteiger partial charge on any atom is -0.406 e. The van der Waals surface area contributed by atoms with Gasteiger partial charge < -0.3 is 20.7 Å². The van der Waals surface area contributed by atoms with Crippen LogP contribution in [0.2, 0.25) is 0 Å². The topological polar surface area (TPSA) is 79.5 Å². The van der Waals surface area contributed by atoms with Crippen LogP contribution >= 0.6 is 0 Å². The molecule has 6 nitrogen and oxygen atoms in total. The van der Waals surface area contributed by atoms with Crippen molar-refractivity contribution in [2.24, 2.45) is 5.92 Å². The predicted octanol–water partition coefficient (Wildman–Crippen LogP) is 3.41. The van der Waals surface area contributed by atoms with Crippen LogP contribution in [-0.4, -0.2) is 36.8 Å². The van der Waals surface area contributed by atoms with E-state index >= 15 is 0 Å². The maximum Gasteiger partial charge on any atom is 0.573 e. The van der Waals surface area contributed by atoms with Gasteiger partial charge >= 0.3 is 6.36 Å². The predicted molar refractivity (Wildman–Crippen MR) is 109 cm³/mol. The first-order chi connectivity index (χ1) is 14.8. The molecule has 1 saturated heterocycles. The molecule has 0 unspecified atom stereocenters. The fourth-order valence-corrected chi connectivity index (χ4v) is 4.28. The van der Waals surface area contributed by atoms with Crippen molar-refractivity contribution in [2.45, 2.75) is 76.4 Å². The van der Waals surface area contributed by atoms with E-state index in [0.717, 1.165) is 51.5 Å². The first-order valence-corrected chi connectivity index (χ1v) is 10.9. The number of hydrogen-bond donors (Lipinski definition) is 3. The Morgan fingerprint density at radius 3 is 2.55 bits per heavy atom. The number of nitrogens with one attached hydrogen (secondary N) is 3. The lowest BCUT2D eigenvalue weighted by molar-refractivity contribution is -0.274. The first-order valence-electron chi connectivity index (χ1n) is 10.9. The molecule has 2 fully saturated rings. The summed E-state index contributed by atoms with van der Waals surface area (Å²) in [7, 11) is 0. The molecule has 1 aliphatic heterocycles. The number of hydrogen-bond acceptors (Lipinski definition) is 4. The monoisotopic (exact) mass is 441 g/mol. The Hall–Kier alpha value is -2.29. The normalized spacial score (nSPS) is 24.3. The van der Waals surface area contributed by atoms with Gasteiger partial charge in [0.2, 0.25) is 11.8 Å². The maximum atomic E-state index is 12.3. The summed E-state index contributed by atoms with van der Waals surface area (Å²) in [6.07, 6.45) is 2.15. The van der Waals surface area contributed by atoms with Crippen LogP contribution in [0.5, 0.6) is 5.75 Å². The third kappa shape index (κ3) is 8.05. The van der Waals surface area contributed by atoms with Crippen LogP contribution < -0.4 is 20.7 Å². The van der Waals surface area contributed by atoms with Crippen molar-refractivity contribution < 1.29 is 27.5 Å². The zero-order valence-electron chi connectivity index (χ0n) is 17.5. The third-order valence-corrected chi connectivity index (χ3v) is 5.92. The lowest BCUT2D eigenvalue weighted by Crippen LogP contribution is -2.50. The molecule has 1 atom stereocenters. The molecule has 31 heavy (non-hydrogen) atoms. The number of benzene rings is 1. The number of rotatable bonds is 7. The van der Waals surface area contributed by atoms with Crippen LogP contribution in [0.4, 0.5) is 13.2 Å². The molecule has 2 amide bonds. The number of carbonyl (C=O) groups excluding carboxylic acids is 2. The van der Waals surface area contributed by atoms with Crippen molar-refractivity contribution in [3.8, 4) is 5.75 Å². The second kappa shape index (κ2) is 10.8. The van der Waals surface area contributed by atoms with Crippen molar-refractivity contribution in [3.05, 3.63) is 29.8 Å². The summed E-state index contributed by atoms with van der Waals surface area (Å²) in [5, 5.41) is 9.16. The summed E-state index contributed by atoms with van der Waals surface area (Å²) < 4.78 is 40.9. The minimum absolute atomic E-state index is 0.0811. The molecule has 0 spiro atoms. The van der Waals surface area contributed by atoms with Crippen LogP contribution in [-0.2, 0) is 16.1 Å². The second-order valence-corrected chi connectivity index (χ2v) is 8.40. The fraction of sp³-hybridized carbons (Fsp3) is 0.636. The Labute approximate surface area is 180 Å². The minimum atomic E-state index is -4.74. The van der Waals surface area contributed by atoms with Crippen molar-refractivity contribution in [1.29, 1.82) is 0 Å². The molecule has 0 radical (unpaired) electrons. The highest BCUT2D eigenvalue weighted by Crippen LogP contribution is 2.27. The summed E-state index contributed by atoms with van der Waals surface area (Å²) in [6, 6.07) is 5.66. The van der Waals surface area contributed by atoms with Crippen molar-refractivity contribution in [2.75, 3.05) is 6.54 Å². The average Bonchev–Trinajstić information content (AvgIpc) is 2.73. The smallest absolute Gasteiger partial charge is 0.406 e. The van der Waals surface area contributed by atoms with E-state index < -0.39 is 6.36 Å². The van der Waals surface area contributed by atoms with Crippen LogP contribution in [0, 0.1) is 5.92 Å². The van der Waals surface area contributed by atoms with Crippen LogP contribution in [0.15, 0.2) is 24.3 Å². The summed E-state index contributed by atoms with van der Waals surface area (Å²) in [6.45, 7) is 1.03. The molecule has 2 aliphatic rings. The van der Waals surface area contributed by atoms with Gasteiger partial charge in [-0.2, -0.15) is 0 Å². The average molecular weight is 441 g/mol. The fourth-order valence-electron chi connectivity index (χ4n) is 4.28. The quantitative estimate of drug-likeness (QED) is 0.606. The number of halogens is 3. The van der Waals surface area contributed by atoms with E-state index in [2.05, 4.69) is 20.7 Å². The van der Waals surface area contributed by atoms with E-state index in [1.807, 2.05) is 0 Å². The van der Waals surface area contributed by atoms with E-state index in [9.17, 15) is 22.8 Å². The molecule has 1 saturated carbocycles. The molecule has 3 rings (SSSR count). The molecule has 1 heterocycles. The highest BCUT2D eigenvalue weighted by Gasteiger charge is 2.31. The largest absolute Gasteiger partial charge is 0.573 e. The van der Waals surface area contributed by atoms with Crippen LogP contribution in [0.3, 0.4) is 0 Å². The van der Waals surface area contributed by atoms with E-state index in [1.165, 1.54) is 18.2 Å². The Kier molecular flexibility index (Phi) is 8.17. The van der Waals surface area contributed by atoms with Gasteiger partial charge in [-0.3, -0.25) is 9.59 Å². The van der Waals surface area contributed by atoms with Gasteiger partial charge in [-0.15, -0.1) is 13.2 Å². The van der Waals surface area contributed by atoms with Gasteiger partial charge in [-0.1, -0.05) is 18.6 Å². The van der Waals surface area contributed by atoms with Gasteiger partial charge in [-0.05, 0) is 68.7 Å². The number of alkyl halides is 3. The standard InChI is InChI=1S/C22H30F3N3O3/c23-22(24,25)31-18-5-3-4-16(12-18)14-27-20(29)13-15-7-9-17(10-8-15)28-21(30)19-6-1-2-11-26-19/h3-5,12,15,17,19,26H,1-2,6-11,13-14H2,(H,27,29)(H,28,30)/t15-,17+,19-/m1/s1. The van der Waals surface area contributed by atoms with Crippen molar-refractivity contribution in [1.82, 2.24) is 16.0 Å². The van der Waals surface area contributed by atoms with E-state index in [-0.39, 0.29) is 42.1 Å². The molecular weight excluding hydrogens is 411 g/mol. The summed E-state index contributed by atoms with van der Waals surface area (Å²) >= 11 is 0. The third-order valence-electron chi connectivity index (χ3n) is 5.92. The summed E-state index contributed by atoms with van der Waals surface area (Å²) in [5.74, 6) is -0.0949. The number of piperidine rings is 1. The SMILES string of the molecule is O=C(C[C@H]1CC[C@@H](NC(=O)[C@H]2CCCCN2)CC1)NCc1cccc(OC(F)(F)F)c1. The van der Waals surface area contributed by atoms with Crippen LogP contribution in [0.25, 0.3) is 0 Å². The summed E-state index contributed by atoms with van der Waals surface area (Å²) in [5.41, 5.74) is 0.540. The maximum absolute atomic E-state index is 12.3. The van der Waals surface area contributed by atoms with E-state index in [0.29, 0.717) is 12.0 Å². The second-order valence-electron chi connectivity index (χ2n) is 8.40. The molecule has 172 valence electrons.